The molecule has 2 nitrogen and oxygen atoms in total. The molecule has 0 bridgehead atoms. The normalized spacial score (nSPS) is 17.8. The van der Waals surface area contributed by atoms with E-state index in [0.717, 1.165) is 25.0 Å². The van der Waals surface area contributed by atoms with Gasteiger partial charge in [-0.3, -0.25) is 4.79 Å². The Hall–Kier alpha value is -2.35. The molecule has 1 aliphatic heterocycles. The predicted octanol–water partition coefficient (Wildman–Crippen LogP) is 5.45. The second kappa shape index (κ2) is 6.87. The quantitative estimate of drug-likeness (QED) is 0.731. The average molecular weight is 333 g/mol. The lowest BCUT2D eigenvalue weighted by Gasteiger charge is -2.31. The van der Waals surface area contributed by atoms with Crippen molar-refractivity contribution in [1.29, 1.82) is 0 Å². The zero-order valence-corrected chi connectivity index (χ0v) is 15.5. The maximum atomic E-state index is 12.8. The Balaban J connectivity index is 1.75. The molecule has 2 aromatic rings. The van der Waals surface area contributed by atoms with Crippen molar-refractivity contribution in [3.05, 3.63) is 72.4 Å². The molecule has 2 aromatic carbocycles. The van der Waals surface area contributed by atoms with E-state index in [-0.39, 0.29) is 17.4 Å². The first-order valence-electron chi connectivity index (χ1n) is 9.02. The molecule has 1 fully saturated rings. The second-order valence-corrected chi connectivity index (χ2v) is 7.95. The van der Waals surface area contributed by atoms with E-state index >= 15 is 0 Å². The van der Waals surface area contributed by atoms with Gasteiger partial charge in [0.25, 0.3) is 0 Å². The highest BCUT2D eigenvalue weighted by atomic mass is 16.2. The maximum Gasteiger partial charge on any atom is 0.232 e. The molecule has 25 heavy (non-hydrogen) atoms. The third-order valence-electron chi connectivity index (χ3n) is 4.86. The Kier molecular flexibility index (Phi) is 4.80. The van der Waals surface area contributed by atoms with Crippen LogP contribution in [0.3, 0.4) is 0 Å². The molecule has 0 aromatic heterocycles. The standard InChI is InChI=1S/C23H27NO/c1-17-10-15-21(24(17)22(25)23(2,3)4)16-18-11-13-20(14-12-18)19-8-6-5-7-9-19/h5-9,11-14,21H,1,10,15-16H2,2-4H3/t21-/m0/s1. The first-order valence-corrected chi connectivity index (χ1v) is 9.02. The van der Waals surface area contributed by atoms with Crippen LogP contribution in [-0.2, 0) is 11.2 Å². The molecule has 130 valence electrons. The van der Waals surface area contributed by atoms with Gasteiger partial charge in [0.15, 0.2) is 0 Å². The largest absolute Gasteiger partial charge is 0.313 e. The van der Waals surface area contributed by atoms with Crippen molar-refractivity contribution >= 4 is 5.91 Å². The van der Waals surface area contributed by atoms with E-state index in [0.29, 0.717) is 0 Å². The average Bonchev–Trinajstić information content (AvgIpc) is 2.95. The third-order valence-corrected chi connectivity index (χ3v) is 4.86. The first kappa shape index (κ1) is 17.5. The third kappa shape index (κ3) is 3.84. The molecule has 1 aliphatic rings. The fourth-order valence-corrected chi connectivity index (χ4v) is 3.44. The molecule has 0 aliphatic carbocycles. The van der Waals surface area contributed by atoms with Crippen LogP contribution in [0.1, 0.15) is 39.2 Å². The molecule has 0 saturated carbocycles. The topological polar surface area (TPSA) is 20.3 Å². The van der Waals surface area contributed by atoms with Gasteiger partial charge >= 0.3 is 0 Å². The number of amides is 1. The molecule has 1 saturated heterocycles. The van der Waals surface area contributed by atoms with Crippen LogP contribution in [0.5, 0.6) is 0 Å². The summed E-state index contributed by atoms with van der Waals surface area (Å²) in [5, 5.41) is 0. The smallest absolute Gasteiger partial charge is 0.232 e. The van der Waals surface area contributed by atoms with Crippen LogP contribution in [0.15, 0.2) is 66.9 Å². The van der Waals surface area contributed by atoms with E-state index in [2.05, 4.69) is 55.1 Å². The highest BCUT2D eigenvalue weighted by molar-refractivity contribution is 5.83. The van der Waals surface area contributed by atoms with Crippen LogP contribution < -0.4 is 0 Å². The maximum absolute atomic E-state index is 12.8. The van der Waals surface area contributed by atoms with Crippen molar-refractivity contribution < 1.29 is 4.79 Å². The number of carbonyl (C=O) groups excluding carboxylic acids is 1. The molecular weight excluding hydrogens is 306 g/mol. The molecule has 3 rings (SSSR count). The lowest BCUT2D eigenvalue weighted by molar-refractivity contribution is -0.138. The summed E-state index contributed by atoms with van der Waals surface area (Å²) in [6.07, 6.45) is 2.80. The molecule has 1 heterocycles. The van der Waals surface area contributed by atoms with Crippen molar-refractivity contribution in [3.8, 4) is 11.1 Å². The summed E-state index contributed by atoms with van der Waals surface area (Å²) in [7, 11) is 0. The number of hydrogen-bond donors (Lipinski definition) is 0. The fourth-order valence-electron chi connectivity index (χ4n) is 3.44. The summed E-state index contributed by atoms with van der Waals surface area (Å²) < 4.78 is 0. The highest BCUT2D eigenvalue weighted by Crippen LogP contribution is 2.33. The van der Waals surface area contributed by atoms with Gasteiger partial charge in [0.05, 0.1) is 0 Å². The fraction of sp³-hybridized carbons (Fsp3) is 0.348. The Morgan fingerprint density at radius 1 is 1.04 bits per heavy atom. The van der Waals surface area contributed by atoms with Gasteiger partial charge in [-0.25, -0.2) is 0 Å². The van der Waals surface area contributed by atoms with Gasteiger partial charge in [0, 0.05) is 17.2 Å². The van der Waals surface area contributed by atoms with Crippen molar-refractivity contribution in [1.82, 2.24) is 4.90 Å². The molecule has 0 radical (unpaired) electrons. The number of hydrogen-bond acceptors (Lipinski definition) is 1. The molecule has 0 spiro atoms. The van der Waals surface area contributed by atoms with Gasteiger partial charge < -0.3 is 4.90 Å². The van der Waals surface area contributed by atoms with Crippen LogP contribution in [-0.4, -0.2) is 16.8 Å². The predicted molar refractivity (Wildman–Crippen MR) is 104 cm³/mol. The van der Waals surface area contributed by atoms with Crippen molar-refractivity contribution in [2.75, 3.05) is 0 Å². The van der Waals surface area contributed by atoms with E-state index < -0.39 is 0 Å². The Morgan fingerprint density at radius 3 is 2.24 bits per heavy atom. The SMILES string of the molecule is C=C1CC[C@@H](Cc2ccc(-c3ccccc3)cc2)N1C(=O)C(C)(C)C. The molecule has 1 atom stereocenters. The van der Waals surface area contributed by atoms with Crippen LogP contribution in [0.4, 0.5) is 0 Å². The van der Waals surface area contributed by atoms with E-state index in [4.69, 9.17) is 0 Å². The number of nitrogens with zero attached hydrogens (tertiary/aromatic N) is 1. The van der Waals surface area contributed by atoms with Crippen LogP contribution in [0, 0.1) is 5.41 Å². The highest BCUT2D eigenvalue weighted by Gasteiger charge is 2.37. The van der Waals surface area contributed by atoms with Gasteiger partial charge in [-0.05, 0) is 36.0 Å². The van der Waals surface area contributed by atoms with E-state index in [1.165, 1.54) is 16.7 Å². The number of likely N-dealkylation sites (tertiary alicyclic amines) is 1. The zero-order valence-electron chi connectivity index (χ0n) is 15.5. The minimum atomic E-state index is -0.372. The first-order chi connectivity index (χ1) is 11.9. The lowest BCUT2D eigenvalue weighted by atomic mass is 9.93. The van der Waals surface area contributed by atoms with Crippen molar-refractivity contribution in [2.45, 2.75) is 46.1 Å². The number of allylic oxidation sites excluding steroid dienone is 1. The van der Waals surface area contributed by atoms with E-state index in [1.807, 2.05) is 31.7 Å². The number of benzene rings is 2. The summed E-state index contributed by atoms with van der Waals surface area (Å²) in [6.45, 7) is 10.1. The lowest BCUT2D eigenvalue weighted by Crippen LogP contribution is -2.42. The Labute approximate surface area is 151 Å². The van der Waals surface area contributed by atoms with E-state index in [9.17, 15) is 4.79 Å². The summed E-state index contributed by atoms with van der Waals surface area (Å²) in [5.74, 6) is 0.181. The summed E-state index contributed by atoms with van der Waals surface area (Å²) in [6, 6.07) is 19.3. The summed E-state index contributed by atoms with van der Waals surface area (Å²) in [5.41, 5.74) is 4.32. The summed E-state index contributed by atoms with van der Waals surface area (Å²) >= 11 is 0. The van der Waals surface area contributed by atoms with Gasteiger partial charge in [0.2, 0.25) is 5.91 Å². The number of carbonyl (C=O) groups is 1. The zero-order chi connectivity index (χ0) is 18.0. The van der Waals surface area contributed by atoms with E-state index in [1.54, 1.807) is 0 Å². The summed E-state index contributed by atoms with van der Waals surface area (Å²) in [4.78, 5) is 14.7. The molecule has 0 unspecified atom stereocenters. The minimum absolute atomic E-state index is 0.181. The van der Waals surface area contributed by atoms with Crippen LogP contribution >= 0.6 is 0 Å². The van der Waals surface area contributed by atoms with Gasteiger partial charge in [-0.15, -0.1) is 0 Å². The van der Waals surface area contributed by atoms with Crippen molar-refractivity contribution in [3.63, 3.8) is 0 Å². The van der Waals surface area contributed by atoms with Gasteiger partial charge in [-0.1, -0.05) is 81.9 Å². The van der Waals surface area contributed by atoms with Crippen LogP contribution in [0.25, 0.3) is 11.1 Å². The van der Waals surface area contributed by atoms with Crippen molar-refractivity contribution in [2.24, 2.45) is 5.41 Å². The van der Waals surface area contributed by atoms with Crippen LogP contribution in [0.2, 0.25) is 0 Å². The Bertz CT molecular complexity index is 753. The molecule has 2 heteroatoms. The number of rotatable bonds is 3. The van der Waals surface area contributed by atoms with Gasteiger partial charge in [0.1, 0.15) is 0 Å². The monoisotopic (exact) mass is 333 g/mol. The molecule has 0 N–H and O–H groups in total. The van der Waals surface area contributed by atoms with Gasteiger partial charge in [-0.2, -0.15) is 0 Å². The Morgan fingerprint density at radius 2 is 1.64 bits per heavy atom. The molecule has 1 amide bonds. The molecular formula is C23H27NO. The second-order valence-electron chi connectivity index (χ2n) is 7.95. The minimum Gasteiger partial charge on any atom is -0.313 e.